The molecular formula is C18H19NO4. The van der Waals surface area contributed by atoms with E-state index in [1.165, 1.54) is 12.1 Å². The molecule has 0 aliphatic heterocycles. The van der Waals surface area contributed by atoms with Crippen molar-refractivity contribution >= 4 is 11.9 Å². The first-order valence-electron chi connectivity index (χ1n) is 7.33. The molecule has 120 valence electrons. The Morgan fingerprint density at radius 3 is 2.30 bits per heavy atom. The minimum absolute atomic E-state index is 0.112. The second kappa shape index (κ2) is 7.98. The van der Waals surface area contributed by atoms with Gasteiger partial charge in [0.25, 0.3) is 0 Å². The third-order valence-corrected chi connectivity index (χ3v) is 3.31. The molecule has 0 aliphatic rings. The number of hydrogen-bond donors (Lipinski definition) is 2. The molecule has 0 spiro atoms. The van der Waals surface area contributed by atoms with Crippen molar-refractivity contribution in [3.05, 3.63) is 65.2 Å². The molecule has 5 heteroatoms. The van der Waals surface area contributed by atoms with Gasteiger partial charge < -0.3 is 15.2 Å². The average molecular weight is 313 g/mol. The highest BCUT2D eigenvalue weighted by Crippen LogP contribution is 2.11. The summed E-state index contributed by atoms with van der Waals surface area (Å²) in [5.41, 5.74) is 2.23. The third kappa shape index (κ3) is 5.47. The van der Waals surface area contributed by atoms with Crippen LogP contribution < -0.4 is 10.1 Å². The Hall–Kier alpha value is -2.82. The molecule has 2 rings (SSSR count). The van der Waals surface area contributed by atoms with Gasteiger partial charge in [-0.2, -0.15) is 0 Å². The van der Waals surface area contributed by atoms with Crippen LogP contribution in [0.5, 0.6) is 5.75 Å². The van der Waals surface area contributed by atoms with Crippen molar-refractivity contribution < 1.29 is 19.4 Å². The lowest BCUT2D eigenvalue weighted by atomic mass is 10.1. The van der Waals surface area contributed by atoms with Crippen LogP contribution >= 0.6 is 0 Å². The molecule has 0 fully saturated rings. The van der Waals surface area contributed by atoms with Gasteiger partial charge in [-0.1, -0.05) is 29.8 Å². The summed E-state index contributed by atoms with van der Waals surface area (Å²) in [6.45, 7) is 2.68. The molecule has 0 bridgehead atoms. The molecule has 0 unspecified atom stereocenters. The zero-order chi connectivity index (χ0) is 16.7. The minimum atomic E-state index is -0.964. The molecule has 23 heavy (non-hydrogen) atoms. The smallest absolute Gasteiger partial charge is 0.335 e. The van der Waals surface area contributed by atoms with E-state index in [9.17, 15) is 9.59 Å². The number of carbonyl (C=O) groups is 2. The topological polar surface area (TPSA) is 75.6 Å². The summed E-state index contributed by atoms with van der Waals surface area (Å²) in [4.78, 5) is 22.5. The predicted octanol–water partition coefficient (Wildman–Crippen LogP) is 2.78. The van der Waals surface area contributed by atoms with E-state index in [0.29, 0.717) is 13.2 Å². The second-order valence-corrected chi connectivity index (χ2v) is 5.19. The molecule has 0 saturated heterocycles. The zero-order valence-corrected chi connectivity index (χ0v) is 12.9. The van der Waals surface area contributed by atoms with Gasteiger partial charge >= 0.3 is 5.97 Å². The summed E-state index contributed by atoms with van der Waals surface area (Å²) >= 11 is 0. The molecule has 5 nitrogen and oxygen atoms in total. The van der Waals surface area contributed by atoms with E-state index < -0.39 is 5.97 Å². The van der Waals surface area contributed by atoms with Gasteiger partial charge in [-0.3, -0.25) is 4.79 Å². The van der Waals surface area contributed by atoms with Crippen LogP contribution in [0.15, 0.2) is 48.5 Å². The van der Waals surface area contributed by atoms with Gasteiger partial charge in [0.05, 0.1) is 18.6 Å². The van der Waals surface area contributed by atoms with Gasteiger partial charge in [0.1, 0.15) is 5.75 Å². The SMILES string of the molecule is Cc1ccc(OCCC(=O)NCc2ccc(C(=O)O)cc2)cc1. The average Bonchev–Trinajstić information content (AvgIpc) is 2.55. The largest absolute Gasteiger partial charge is 0.493 e. The molecule has 2 aromatic carbocycles. The Balaban J connectivity index is 1.70. The summed E-state index contributed by atoms with van der Waals surface area (Å²) < 4.78 is 5.50. The van der Waals surface area contributed by atoms with Crippen LogP contribution in [0.2, 0.25) is 0 Å². The molecule has 2 N–H and O–H groups in total. The van der Waals surface area contributed by atoms with Crippen molar-refractivity contribution in [2.45, 2.75) is 19.9 Å². The van der Waals surface area contributed by atoms with Crippen molar-refractivity contribution in [1.82, 2.24) is 5.32 Å². The number of amides is 1. The zero-order valence-electron chi connectivity index (χ0n) is 12.9. The Kier molecular flexibility index (Phi) is 5.74. The summed E-state index contributed by atoms with van der Waals surface area (Å²) in [6.07, 6.45) is 0.265. The Bertz CT molecular complexity index is 662. The molecule has 2 aromatic rings. The van der Waals surface area contributed by atoms with Crippen LogP contribution in [0.25, 0.3) is 0 Å². The van der Waals surface area contributed by atoms with E-state index in [-0.39, 0.29) is 17.9 Å². The number of carboxylic acids is 1. The van der Waals surface area contributed by atoms with Crippen molar-refractivity contribution in [2.24, 2.45) is 0 Å². The van der Waals surface area contributed by atoms with Gasteiger partial charge in [-0.05, 0) is 36.8 Å². The normalized spacial score (nSPS) is 10.1. The number of nitrogens with one attached hydrogen (secondary N) is 1. The first kappa shape index (κ1) is 16.5. The second-order valence-electron chi connectivity index (χ2n) is 5.19. The summed E-state index contributed by atoms with van der Waals surface area (Å²) in [5, 5.41) is 11.6. The van der Waals surface area contributed by atoms with E-state index >= 15 is 0 Å². The van der Waals surface area contributed by atoms with Gasteiger partial charge in [0.2, 0.25) is 5.91 Å². The third-order valence-electron chi connectivity index (χ3n) is 3.31. The first-order chi connectivity index (χ1) is 11.0. The molecule has 0 atom stereocenters. The fourth-order valence-electron chi connectivity index (χ4n) is 1.95. The molecular weight excluding hydrogens is 294 g/mol. The van der Waals surface area contributed by atoms with Crippen LogP contribution in [0.1, 0.15) is 27.9 Å². The van der Waals surface area contributed by atoms with Crippen LogP contribution in [-0.2, 0) is 11.3 Å². The monoisotopic (exact) mass is 313 g/mol. The van der Waals surface area contributed by atoms with E-state index in [0.717, 1.165) is 16.9 Å². The maximum absolute atomic E-state index is 11.8. The van der Waals surface area contributed by atoms with Gasteiger partial charge in [-0.15, -0.1) is 0 Å². The lowest BCUT2D eigenvalue weighted by molar-refractivity contribution is -0.121. The van der Waals surface area contributed by atoms with Crippen LogP contribution in [0, 0.1) is 6.92 Å². The lowest BCUT2D eigenvalue weighted by Crippen LogP contribution is -2.24. The fraction of sp³-hybridized carbons (Fsp3) is 0.222. The fourth-order valence-corrected chi connectivity index (χ4v) is 1.95. The summed E-state index contributed by atoms with van der Waals surface area (Å²) in [5.74, 6) is -0.332. The molecule has 0 radical (unpaired) electrons. The number of aryl methyl sites for hydroxylation is 1. The summed E-state index contributed by atoms with van der Waals surface area (Å²) in [6, 6.07) is 14.1. The van der Waals surface area contributed by atoms with Crippen molar-refractivity contribution in [3.63, 3.8) is 0 Å². The highest BCUT2D eigenvalue weighted by molar-refractivity contribution is 5.87. The minimum Gasteiger partial charge on any atom is -0.493 e. The molecule has 1 amide bonds. The van der Waals surface area contributed by atoms with E-state index in [4.69, 9.17) is 9.84 Å². The van der Waals surface area contributed by atoms with E-state index in [1.54, 1.807) is 12.1 Å². The maximum Gasteiger partial charge on any atom is 0.335 e. The van der Waals surface area contributed by atoms with Crippen LogP contribution in [0.4, 0.5) is 0 Å². The highest BCUT2D eigenvalue weighted by atomic mass is 16.5. The quantitative estimate of drug-likeness (QED) is 0.824. The van der Waals surface area contributed by atoms with Gasteiger partial charge in [0.15, 0.2) is 0 Å². The number of ether oxygens (including phenoxy) is 1. The van der Waals surface area contributed by atoms with Crippen molar-refractivity contribution in [1.29, 1.82) is 0 Å². The number of carbonyl (C=O) groups excluding carboxylic acids is 1. The van der Waals surface area contributed by atoms with Gasteiger partial charge in [-0.25, -0.2) is 4.79 Å². The predicted molar refractivity (Wildman–Crippen MR) is 86.5 cm³/mol. The summed E-state index contributed by atoms with van der Waals surface area (Å²) in [7, 11) is 0. The number of hydrogen-bond acceptors (Lipinski definition) is 3. The molecule has 0 heterocycles. The maximum atomic E-state index is 11.8. The van der Waals surface area contributed by atoms with Crippen LogP contribution in [-0.4, -0.2) is 23.6 Å². The number of aromatic carboxylic acids is 1. The number of rotatable bonds is 7. The Morgan fingerprint density at radius 1 is 1.04 bits per heavy atom. The van der Waals surface area contributed by atoms with E-state index in [2.05, 4.69) is 5.32 Å². The van der Waals surface area contributed by atoms with Gasteiger partial charge in [0, 0.05) is 6.54 Å². The van der Waals surface area contributed by atoms with Crippen molar-refractivity contribution in [3.8, 4) is 5.75 Å². The lowest BCUT2D eigenvalue weighted by Gasteiger charge is -2.08. The standard InChI is InChI=1S/C18H19NO4/c1-13-2-8-16(9-3-13)23-11-10-17(20)19-12-14-4-6-15(7-5-14)18(21)22/h2-9H,10-12H2,1H3,(H,19,20)(H,21,22). The highest BCUT2D eigenvalue weighted by Gasteiger charge is 2.04. The molecule has 0 saturated carbocycles. The number of carboxylic acid groups (broad SMARTS) is 1. The van der Waals surface area contributed by atoms with E-state index in [1.807, 2.05) is 31.2 Å². The Morgan fingerprint density at radius 2 is 1.70 bits per heavy atom. The molecule has 0 aromatic heterocycles. The number of benzene rings is 2. The molecule has 0 aliphatic carbocycles. The Labute approximate surface area is 134 Å². The van der Waals surface area contributed by atoms with Crippen molar-refractivity contribution in [2.75, 3.05) is 6.61 Å². The first-order valence-corrected chi connectivity index (χ1v) is 7.33. The van der Waals surface area contributed by atoms with Crippen LogP contribution in [0.3, 0.4) is 0 Å².